The number of carbonyl (C=O) groups is 2. The third kappa shape index (κ3) is 4.92. The Bertz CT molecular complexity index is 1090. The average Bonchev–Trinajstić information content (AvgIpc) is 3.52. The zero-order valence-electron chi connectivity index (χ0n) is 18.8. The molecular formula is C26H28FN3O3. The Labute approximate surface area is 193 Å². The van der Waals surface area contributed by atoms with Crippen LogP contribution in [-0.4, -0.2) is 32.0 Å². The first kappa shape index (κ1) is 22.6. The van der Waals surface area contributed by atoms with Crippen LogP contribution in [0.4, 0.5) is 15.8 Å². The van der Waals surface area contributed by atoms with E-state index in [1.807, 2.05) is 31.1 Å². The molecule has 0 radical (unpaired) electrons. The number of furan rings is 1. The molecule has 4 rings (SSSR count). The fourth-order valence-corrected chi connectivity index (χ4v) is 4.25. The monoisotopic (exact) mass is 449 g/mol. The Balaban J connectivity index is 1.82. The van der Waals surface area contributed by atoms with Crippen molar-refractivity contribution >= 4 is 23.2 Å². The SMILES string of the molecule is CN(C)c1ccc([C@H](C(=O)NC2CCCC2)N(C(=O)c2ccco2)c2ccccc2F)cc1. The molecule has 3 aromatic rings. The largest absolute Gasteiger partial charge is 0.459 e. The molecule has 1 N–H and O–H groups in total. The minimum Gasteiger partial charge on any atom is -0.459 e. The van der Waals surface area contributed by atoms with Crippen molar-refractivity contribution in [3.8, 4) is 0 Å². The molecule has 1 fully saturated rings. The lowest BCUT2D eigenvalue weighted by molar-refractivity contribution is -0.123. The summed E-state index contributed by atoms with van der Waals surface area (Å²) >= 11 is 0. The lowest BCUT2D eigenvalue weighted by Crippen LogP contribution is -2.46. The molecule has 6 nitrogen and oxygen atoms in total. The zero-order valence-corrected chi connectivity index (χ0v) is 18.8. The second-order valence-corrected chi connectivity index (χ2v) is 8.48. The van der Waals surface area contributed by atoms with E-state index >= 15 is 0 Å². The van der Waals surface area contributed by atoms with Gasteiger partial charge in [0.05, 0.1) is 12.0 Å². The molecule has 0 unspecified atom stereocenters. The second kappa shape index (κ2) is 9.90. The first-order chi connectivity index (χ1) is 16.0. The molecule has 0 spiro atoms. The van der Waals surface area contributed by atoms with Crippen molar-refractivity contribution in [2.75, 3.05) is 23.9 Å². The van der Waals surface area contributed by atoms with Gasteiger partial charge in [0.1, 0.15) is 11.9 Å². The number of hydrogen-bond acceptors (Lipinski definition) is 4. The highest BCUT2D eigenvalue weighted by Crippen LogP contribution is 2.33. The van der Waals surface area contributed by atoms with Crippen molar-refractivity contribution < 1.29 is 18.4 Å². The molecule has 1 heterocycles. The summed E-state index contributed by atoms with van der Waals surface area (Å²) in [6.45, 7) is 0. The summed E-state index contributed by atoms with van der Waals surface area (Å²) in [6.07, 6.45) is 5.27. The fourth-order valence-electron chi connectivity index (χ4n) is 4.25. The van der Waals surface area contributed by atoms with E-state index in [0.29, 0.717) is 5.56 Å². The molecular weight excluding hydrogens is 421 g/mol. The van der Waals surface area contributed by atoms with Crippen LogP contribution >= 0.6 is 0 Å². The van der Waals surface area contributed by atoms with Crippen molar-refractivity contribution in [2.45, 2.75) is 37.8 Å². The van der Waals surface area contributed by atoms with Crippen molar-refractivity contribution in [2.24, 2.45) is 0 Å². The van der Waals surface area contributed by atoms with Gasteiger partial charge in [-0.2, -0.15) is 0 Å². The van der Waals surface area contributed by atoms with E-state index in [4.69, 9.17) is 4.42 Å². The number of amides is 2. The molecule has 2 aromatic carbocycles. The Kier molecular flexibility index (Phi) is 6.77. The van der Waals surface area contributed by atoms with Crippen LogP contribution in [-0.2, 0) is 4.79 Å². The van der Waals surface area contributed by atoms with Crippen LogP contribution in [0, 0.1) is 5.82 Å². The molecule has 1 saturated carbocycles. The maximum atomic E-state index is 15.0. The molecule has 1 aromatic heterocycles. The van der Waals surface area contributed by atoms with Crippen LogP contribution in [0.25, 0.3) is 0 Å². The number of benzene rings is 2. The zero-order chi connectivity index (χ0) is 23.4. The van der Waals surface area contributed by atoms with Gasteiger partial charge in [-0.05, 0) is 54.8 Å². The molecule has 33 heavy (non-hydrogen) atoms. The van der Waals surface area contributed by atoms with Gasteiger partial charge in [-0.1, -0.05) is 37.1 Å². The molecule has 0 saturated heterocycles. The first-order valence-electron chi connectivity index (χ1n) is 11.1. The Morgan fingerprint density at radius 1 is 1.00 bits per heavy atom. The van der Waals surface area contributed by atoms with Gasteiger partial charge in [0, 0.05) is 25.8 Å². The first-order valence-corrected chi connectivity index (χ1v) is 11.1. The number of carbonyl (C=O) groups excluding carboxylic acids is 2. The van der Waals surface area contributed by atoms with Crippen LogP contribution in [0.2, 0.25) is 0 Å². The van der Waals surface area contributed by atoms with E-state index in [9.17, 15) is 14.0 Å². The topological polar surface area (TPSA) is 65.8 Å². The summed E-state index contributed by atoms with van der Waals surface area (Å²) in [4.78, 5) is 30.4. The predicted molar refractivity (Wildman–Crippen MR) is 126 cm³/mol. The summed E-state index contributed by atoms with van der Waals surface area (Å²) in [5.41, 5.74) is 1.55. The molecule has 0 aliphatic heterocycles. The van der Waals surface area contributed by atoms with Crippen LogP contribution in [0.15, 0.2) is 71.3 Å². The van der Waals surface area contributed by atoms with Crippen molar-refractivity contribution in [3.63, 3.8) is 0 Å². The number of rotatable bonds is 7. The highest BCUT2D eigenvalue weighted by Gasteiger charge is 2.37. The average molecular weight is 450 g/mol. The molecule has 7 heteroatoms. The van der Waals surface area contributed by atoms with Crippen LogP contribution in [0.5, 0.6) is 0 Å². The van der Waals surface area contributed by atoms with E-state index in [2.05, 4.69) is 5.32 Å². The molecule has 172 valence electrons. The van der Waals surface area contributed by atoms with E-state index in [-0.39, 0.29) is 23.4 Å². The predicted octanol–water partition coefficient (Wildman–Crippen LogP) is 4.93. The Morgan fingerprint density at radius 2 is 1.70 bits per heavy atom. The minimum atomic E-state index is -1.07. The number of hydrogen-bond donors (Lipinski definition) is 1. The number of halogens is 1. The molecule has 1 atom stereocenters. The lowest BCUT2D eigenvalue weighted by Gasteiger charge is -2.32. The van der Waals surface area contributed by atoms with Crippen molar-refractivity contribution in [1.29, 1.82) is 0 Å². The van der Waals surface area contributed by atoms with Gasteiger partial charge in [-0.3, -0.25) is 14.5 Å². The van der Waals surface area contributed by atoms with E-state index in [1.54, 1.807) is 30.3 Å². The second-order valence-electron chi connectivity index (χ2n) is 8.48. The number of para-hydroxylation sites is 1. The summed E-state index contributed by atoms with van der Waals surface area (Å²) in [5, 5.41) is 3.09. The number of nitrogens with zero attached hydrogens (tertiary/aromatic N) is 2. The highest BCUT2D eigenvalue weighted by molar-refractivity contribution is 6.08. The number of nitrogens with one attached hydrogen (secondary N) is 1. The lowest BCUT2D eigenvalue weighted by atomic mass is 10.0. The fraction of sp³-hybridized carbons (Fsp3) is 0.308. The summed E-state index contributed by atoms with van der Waals surface area (Å²) in [6, 6.07) is 15.4. The van der Waals surface area contributed by atoms with E-state index < -0.39 is 17.8 Å². The summed E-state index contributed by atoms with van der Waals surface area (Å²) < 4.78 is 20.3. The molecule has 1 aliphatic carbocycles. The maximum Gasteiger partial charge on any atom is 0.295 e. The van der Waals surface area contributed by atoms with Gasteiger partial charge in [0.2, 0.25) is 5.91 Å². The van der Waals surface area contributed by atoms with Gasteiger partial charge in [-0.25, -0.2) is 4.39 Å². The molecule has 2 amide bonds. The standard InChI is InChI=1S/C26H28FN3O3/c1-29(2)20-15-13-18(14-16-20)24(25(31)28-19-8-3-4-9-19)30(22-11-6-5-10-21(22)27)26(32)23-12-7-17-33-23/h5-7,10-17,19,24H,3-4,8-9H2,1-2H3,(H,28,31)/t24-/m1/s1. The molecule has 0 bridgehead atoms. The van der Waals surface area contributed by atoms with Crippen LogP contribution < -0.4 is 15.1 Å². The quantitative estimate of drug-likeness (QED) is 0.555. The van der Waals surface area contributed by atoms with Gasteiger partial charge < -0.3 is 14.6 Å². The van der Waals surface area contributed by atoms with Gasteiger partial charge in [-0.15, -0.1) is 0 Å². The van der Waals surface area contributed by atoms with E-state index in [1.165, 1.54) is 29.4 Å². The molecule has 1 aliphatic rings. The van der Waals surface area contributed by atoms with E-state index in [0.717, 1.165) is 31.4 Å². The maximum absolute atomic E-state index is 15.0. The highest BCUT2D eigenvalue weighted by atomic mass is 19.1. The third-order valence-electron chi connectivity index (χ3n) is 6.00. The normalized spacial score (nSPS) is 14.6. The van der Waals surface area contributed by atoms with Crippen molar-refractivity contribution in [1.82, 2.24) is 5.32 Å². The van der Waals surface area contributed by atoms with Crippen LogP contribution in [0.1, 0.15) is 47.8 Å². The smallest absolute Gasteiger partial charge is 0.295 e. The third-order valence-corrected chi connectivity index (χ3v) is 6.00. The van der Waals surface area contributed by atoms with Gasteiger partial charge in [0.15, 0.2) is 5.76 Å². The Hall–Kier alpha value is -3.61. The minimum absolute atomic E-state index is 0.0159. The Morgan fingerprint density at radius 3 is 2.30 bits per heavy atom. The summed E-state index contributed by atoms with van der Waals surface area (Å²) in [5.74, 6) is -1.50. The van der Waals surface area contributed by atoms with Crippen molar-refractivity contribution in [3.05, 3.63) is 84.1 Å². The summed E-state index contributed by atoms with van der Waals surface area (Å²) in [7, 11) is 3.84. The van der Waals surface area contributed by atoms with Gasteiger partial charge >= 0.3 is 0 Å². The van der Waals surface area contributed by atoms with Crippen LogP contribution in [0.3, 0.4) is 0 Å². The van der Waals surface area contributed by atoms with Gasteiger partial charge in [0.25, 0.3) is 5.91 Å². The number of anilines is 2.